The lowest BCUT2D eigenvalue weighted by molar-refractivity contribution is 0.345. The van der Waals surface area contributed by atoms with Gasteiger partial charge in [0.25, 0.3) is 0 Å². The first-order valence-electron chi connectivity index (χ1n) is 23.7. The molecule has 0 atom stereocenters. The van der Waals surface area contributed by atoms with Gasteiger partial charge in [-0.3, -0.25) is 4.57 Å². The lowest BCUT2D eigenvalue weighted by Crippen LogP contribution is -2.30. The van der Waals surface area contributed by atoms with Crippen LogP contribution in [0.3, 0.4) is 0 Å². The maximum atomic E-state index is 9.49. The Balaban J connectivity index is 0.904. The van der Waals surface area contributed by atoms with Crippen LogP contribution >= 0.6 is 0 Å². The third kappa shape index (κ3) is 5.71. The summed E-state index contributed by atoms with van der Waals surface area (Å²) in [7, 11) is 0. The second-order valence-corrected chi connectivity index (χ2v) is 17.2. The number of para-hydroxylation sites is 3. The maximum Gasteiger partial charge on any atom is 0.137 e. The first-order chi connectivity index (χ1) is 32.0. The Kier molecular flexibility index (Phi) is 7.50. The van der Waals surface area contributed by atoms with Gasteiger partial charge in [0.05, 0.1) is 22.4 Å². The number of hydrogen-bond donors (Lipinski definition) is 0. The van der Waals surface area contributed by atoms with Crippen LogP contribution in [0.4, 0.5) is 22.7 Å². The maximum absolute atomic E-state index is 9.49. The zero-order valence-corrected chi connectivity index (χ0v) is 34.8. The van der Waals surface area contributed by atoms with E-state index in [9.17, 15) is 5.48 Å². The van der Waals surface area contributed by atoms with Crippen molar-refractivity contribution in [2.24, 2.45) is 0 Å². The normalized spacial score (nSPS) is 18.6. The minimum absolute atomic E-state index is 0.0976. The van der Waals surface area contributed by atoms with Crippen LogP contribution < -0.4 is 14.5 Å². The Labute approximate surface area is 369 Å². The highest BCUT2D eigenvalue weighted by molar-refractivity contribution is 6.09. The molecule has 3 heterocycles. The highest BCUT2D eigenvalue weighted by Gasteiger charge is 2.38. The largest absolute Gasteiger partial charge is 0.457 e. The van der Waals surface area contributed by atoms with Gasteiger partial charge >= 0.3 is 0 Å². The van der Waals surface area contributed by atoms with Gasteiger partial charge in [0, 0.05) is 56.8 Å². The Morgan fingerprint density at radius 2 is 1.23 bits per heavy atom. The average molecular weight is 809 g/mol. The van der Waals surface area contributed by atoms with E-state index in [-0.39, 0.29) is 18.3 Å². The molecule has 0 unspecified atom stereocenters. The van der Waals surface area contributed by atoms with Crippen LogP contribution in [-0.2, 0) is 10.8 Å². The summed E-state index contributed by atoms with van der Waals surface area (Å²) in [5.41, 5.74) is 11.1. The van der Waals surface area contributed by atoms with Crippen molar-refractivity contribution in [3.05, 3.63) is 204 Å². The minimum Gasteiger partial charge on any atom is -0.457 e. The molecule has 1 fully saturated rings. The van der Waals surface area contributed by atoms with Gasteiger partial charge in [0.2, 0.25) is 0 Å². The molecule has 0 radical (unpaired) electrons. The summed E-state index contributed by atoms with van der Waals surface area (Å²) in [5, 5.41) is 2.07. The van der Waals surface area contributed by atoms with Crippen molar-refractivity contribution in [1.82, 2.24) is 9.55 Å². The summed E-state index contributed by atoms with van der Waals surface area (Å²) in [4.78, 5) is 9.65. The fourth-order valence-electron chi connectivity index (χ4n) is 10.4. The summed E-state index contributed by atoms with van der Waals surface area (Å²) < 4.78 is 46.8. The lowest BCUT2D eigenvalue weighted by atomic mass is 9.65. The van der Waals surface area contributed by atoms with E-state index in [0.29, 0.717) is 41.5 Å². The summed E-state index contributed by atoms with van der Waals surface area (Å²) in [6.07, 6.45) is -1.06. The highest BCUT2D eigenvalue weighted by Crippen LogP contribution is 2.52. The smallest absolute Gasteiger partial charge is 0.137 e. The predicted octanol–water partition coefficient (Wildman–Crippen LogP) is 14.8. The number of pyridine rings is 1. The third-order valence-electron chi connectivity index (χ3n) is 13.4. The molecule has 2 aromatic heterocycles. The van der Waals surface area contributed by atoms with Crippen LogP contribution in [0.25, 0.3) is 38.8 Å². The Morgan fingerprint density at radius 1 is 0.532 bits per heavy atom. The van der Waals surface area contributed by atoms with E-state index in [2.05, 4.69) is 125 Å². The fraction of sp³-hybridized carbons (Fsp3) is 0.175. The standard InChI is InChI=1S/C57H48N4O/c1-56(2)49-22-9-7-20-45(49)46-28-26-42(36-50(46)56)60-38-59(52-24-11-12-25-53(52)60)41-18-15-19-43(35-41)62-44-27-29-48-47-21-8-10-23-51(47)61(54(48)37-44)55-34-40(30-33-58-55)57(31-13-4-14-32-57)39-16-5-3-6-17-39/h3,5-12,15-30,33-37H,4,13-14,31-32,38H2,1-2H3/i31D2,32D2. The monoisotopic (exact) mass is 808 g/mol. The number of fused-ring (bicyclic) bond motifs is 7. The van der Waals surface area contributed by atoms with E-state index < -0.39 is 18.2 Å². The lowest BCUT2D eigenvalue weighted by Gasteiger charge is -2.38. The van der Waals surface area contributed by atoms with Gasteiger partial charge < -0.3 is 14.5 Å². The Hall–Kier alpha value is -7.11. The second-order valence-electron chi connectivity index (χ2n) is 17.2. The predicted molar refractivity (Wildman–Crippen MR) is 255 cm³/mol. The van der Waals surface area contributed by atoms with Gasteiger partial charge in [-0.25, -0.2) is 4.98 Å². The van der Waals surface area contributed by atoms with Crippen molar-refractivity contribution in [2.75, 3.05) is 16.5 Å². The minimum atomic E-state index is -1.87. The zero-order valence-electron chi connectivity index (χ0n) is 38.8. The van der Waals surface area contributed by atoms with Crippen molar-refractivity contribution in [3.8, 4) is 28.4 Å². The van der Waals surface area contributed by atoms with E-state index in [1.54, 1.807) is 12.3 Å². The molecular formula is C57H48N4O. The molecule has 0 amide bonds. The summed E-state index contributed by atoms with van der Waals surface area (Å²) in [6.45, 7) is 5.29. The molecule has 1 saturated carbocycles. The van der Waals surface area contributed by atoms with Gasteiger partial charge in [-0.1, -0.05) is 130 Å². The number of rotatable bonds is 7. The first kappa shape index (κ1) is 32.6. The van der Waals surface area contributed by atoms with Gasteiger partial charge in [-0.15, -0.1) is 0 Å². The number of benzene rings is 7. The van der Waals surface area contributed by atoms with E-state index in [4.69, 9.17) is 9.72 Å². The molecule has 0 N–H and O–H groups in total. The van der Waals surface area contributed by atoms with Crippen molar-refractivity contribution in [3.63, 3.8) is 0 Å². The molecule has 62 heavy (non-hydrogen) atoms. The first-order valence-corrected chi connectivity index (χ1v) is 21.7. The molecule has 0 bridgehead atoms. The van der Waals surface area contributed by atoms with Crippen molar-refractivity contribution in [2.45, 2.75) is 56.7 Å². The third-order valence-corrected chi connectivity index (χ3v) is 13.4. The summed E-state index contributed by atoms with van der Waals surface area (Å²) in [6, 6.07) is 60.0. The number of hydrogen-bond acceptors (Lipinski definition) is 4. The van der Waals surface area contributed by atoms with Crippen molar-refractivity contribution < 1.29 is 10.2 Å². The SMILES string of the molecule is [2H]C1([2H])CCCC([2H])([2H])C1(c1ccccc1)c1ccnc(-n2c3ccccc3c3ccc(Oc4cccc(N5CN(c6ccc7c(c6)C(C)(C)c6ccccc6-7)c6ccccc65)c4)cc32)c1. The van der Waals surface area contributed by atoms with Crippen LogP contribution in [0.5, 0.6) is 11.5 Å². The van der Waals surface area contributed by atoms with Gasteiger partial charge in [0.1, 0.15) is 24.0 Å². The molecule has 7 aromatic carbocycles. The Morgan fingerprint density at radius 3 is 2.06 bits per heavy atom. The molecule has 1 aliphatic heterocycles. The van der Waals surface area contributed by atoms with E-state index in [0.717, 1.165) is 44.6 Å². The number of nitrogens with zero attached hydrogens (tertiary/aromatic N) is 4. The molecule has 5 nitrogen and oxygen atoms in total. The highest BCUT2D eigenvalue weighted by atomic mass is 16.5. The van der Waals surface area contributed by atoms with Gasteiger partial charge in [-0.2, -0.15) is 0 Å². The number of ether oxygens (including phenoxy) is 1. The topological polar surface area (TPSA) is 33.5 Å². The van der Waals surface area contributed by atoms with Crippen molar-refractivity contribution >= 4 is 44.6 Å². The second kappa shape index (κ2) is 14.2. The molecule has 3 aliphatic rings. The summed E-state index contributed by atoms with van der Waals surface area (Å²) >= 11 is 0. The quantitative estimate of drug-likeness (QED) is 0.161. The molecule has 5 heteroatoms. The van der Waals surface area contributed by atoms with Crippen molar-refractivity contribution in [1.29, 1.82) is 0 Å². The molecular weight excluding hydrogens is 757 g/mol. The summed E-state index contributed by atoms with van der Waals surface area (Å²) in [5.74, 6) is 1.94. The number of anilines is 4. The number of aromatic nitrogens is 2. The molecule has 0 spiro atoms. The van der Waals surface area contributed by atoms with Crippen LogP contribution in [0.2, 0.25) is 0 Å². The Bertz CT molecular complexity index is 3360. The van der Waals surface area contributed by atoms with Gasteiger partial charge in [0.15, 0.2) is 0 Å². The molecule has 9 aromatic rings. The van der Waals surface area contributed by atoms with E-state index >= 15 is 0 Å². The molecule has 2 aliphatic carbocycles. The van der Waals surface area contributed by atoms with Crippen LogP contribution in [0.1, 0.15) is 73.6 Å². The van der Waals surface area contributed by atoms with E-state index in [1.165, 1.54) is 22.3 Å². The average Bonchev–Trinajstić information content (AvgIpc) is 3.95. The fourth-order valence-corrected chi connectivity index (χ4v) is 10.4. The van der Waals surface area contributed by atoms with Crippen LogP contribution in [0.15, 0.2) is 182 Å². The van der Waals surface area contributed by atoms with Crippen LogP contribution in [-0.4, -0.2) is 16.2 Å². The van der Waals surface area contributed by atoms with E-state index in [1.807, 2.05) is 72.8 Å². The van der Waals surface area contributed by atoms with Gasteiger partial charge in [-0.05, 0) is 113 Å². The zero-order chi connectivity index (χ0) is 45.0. The molecule has 12 rings (SSSR count). The molecule has 0 saturated heterocycles. The molecule has 302 valence electrons. The van der Waals surface area contributed by atoms with Crippen LogP contribution in [0, 0.1) is 0 Å².